The first-order valence-corrected chi connectivity index (χ1v) is 5.95. The average molecular weight is 200 g/mol. The number of hydrogen-bond acceptors (Lipinski definition) is 3. The van der Waals surface area contributed by atoms with Crippen LogP contribution in [0.25, 0.3) is 0 Å². The van der Waals surface area contributed by atoms with Crippen LogP contribution in [-0.2, 0) is 4.79 Å². The highest BCUT2D eigenvalue weighted by atomic mass is 32.2. The molecule has 2 heterocycles. The minimum Gasteiger partial charge on any atom is -0.336 e. The molecule has 1 unspecified atom stereocenters. The topological polar surface area (TPSA) is 32.3 Å². The second kappa shape index (κ2) is 3.17. The van der Waals surface area contributed by atoms with Crippen LogP contribution in [0.2, 0.25) is 0 Å². The first-order valence-electron chi connectivity index (χ1n) is 4.79. The number of carbonyl (C=O) groups excluding carboxylic acids is 1. The van der Waals surface area contributed by atoms with E-state index in [2.05, 4.69) is 24.1 Å². The Morgan fingerprint density at radius 1 is 1.62 bits per heavy atom. The van der Waals surface area contributed by atoms with Gasteiger partial charge in [0.25, 0.3) is 0 Å². The van der Waals surface area contributed by atoms with Crippen molar-refractivity contribution >= 4 is 17.7 Å². The van der Waals surface area contributed by atoms with Gasteiger partial charge < -0.3 is 5.32 Å². The van der Waals surface area contributed by atoms with Gasteiger partial charge in [0.2, 0.25) is 5.91 Å². The van der Waals surface area contributed by atoms with E-state index in [1.165, 1.54) is 5.75 Å². The third kappa shape index (κ3) is 1.46. The van der Waals surface area contributed by atoms with E-state index in [0.717, 1.165) is 12.2 Å². The van der Waals surface area contributed by atoms with Crippen molar-refractivity contribution in [1.29, 1.82) is 0 Å². The van der Waals surface area contributed by atoms with Gasteiger partial charge in [0.15, 0.2) is 0 Å². The van der Waals surface area contributed by atoms with Crippen molar-refractivity contribution in [3.05, 3.63) is 0 Å². The lowest BCUT2D eigenvalue weighted by Gasteiger charge is -2.36. The second-order valence-electron chi connectivity index (χ2n) is 4.10. The summed E-state index contributed by atoms with van der Waals surface area (Å²) in [6.45, 7) is 4.90. The molecular formula is C9H16N2OS. The molecule has 2 aliphatic rings. The number of amides is 1. The predicted octanol–water partition coefficient (Wildman–Crippen LogP) is 0.660. The molecule has 0 aromatic heterocycles. The number of rotatable bonds is 1. The third-order valence-corrected chi connectivity index (χ3v) is 4.03. The van der Waals surface area contributed by atoms with E-state index in [4.69, 9.17) is 0 Å². The lowest BCUT2D eigenvalue weighted by molar-refractivity contribution is -0.118. The minimum atomic E-state index is -0.00405. The monoisotopic (exact) mass is 200 g/mol. The van der Waals surface area contributed by atoms with Gasteiger partial charge in [0.05, 0.1) is 6.54 Å². The van der Waals surface area contributed by atoms with Gasteiger partial charge in [-0.05, 0) is 26.0 Å². The lowest BCUT2D eigenvalue weighted by Crippen LogP contribution is -2.54. The van der Waals surface area contributed by atoms with E-state index >= 15 is 0 Å². The van der Waals surface area contributed by atoms with Crippen molar-refractivity contribution in [2.45, 2.75) is 32.0 Å². The van der Waals surface area contributed by atoms with Crippen LogP contribution in [0.15, 0.2) is 0 Å². The van der Waals surface area contributed by atoms with Crippen LogP contribution in [0.3, 0.4) is 0 Å². The fourth-order valence-corrected chi connectivity index (χ4v) is 3.58. The third-order valence-electron chi connectivity index (χ3n) is 2.86. The zero-order valence-corrected chi connectivity index (χ0v) is 8.99. The summed E-state index contributed by atoms with van der Waals surface area (Å²) in [7, 11) is 0. The van der Waals surface area contributed by atoms with Gasteiger partial charge in [-0.2, -0.15) is 11.8 Å². The van der Waals surface area contributed by atoms with Crippen molar-refractivity contribution < 1.29 is 4.79 Å². The molecule has 3 nitrogen and oxygen atoms in total. The van der Waals surface area contributed by atoms with Crippen molar-refractivity contribution in [1.82, 2.24) is 10.2 Å². The largest absolute Gasteiger partial charge is 0.336 e. The van der Waals surface area contributed by atoms with Gasteiger partial charge >= 0.3 is 0 Å². The Hall–Kier alpha value is -0.220. The minimum absolute atomic E-state index is 0.00405. The normalized spacial score (nSPS) is 34.8. The summed E-state index contributed by atoms with van der Waals surface area (Å²) in [5, 5.41) is 3.13. The number of carbonyl (C=O) groups is 1. The van der Waals surface area contributed by atoms with Gasteiger partial charge in [-0.3, -0.25) is 9.69 Å². The molecule has 4 heteroatoms. The van der Waals surface area contributed by atoms with Crippen LogP contribution in [0.5, 0.6) is 0 Å². The highest BCUT2D eigenvalue weighted by Crippen LogP contribution is 2.34. The fourth-order valence-electron chi connectivity index (χ4n) is 2.23. The summed E-state index contributed by atoms with van der Waals surface area (Å²) in [6, 6.07) is 0.456. The molecule has 0 radical (unpaired) electrons. The van der Waals surface area contributed by atoms with Gasteiger partial charge in [0.1, 0.15) is 5.66 Å². The summed E-state index contributed by atoms with van der Waals surface area (Å²) in [5.74, 6) is 2.41. The molecule has 0 bridgehead atoms. The Balaban J connectivity index is 2.20. The Kier molecular flexibility index (Phi) is 2.28. The van der Waals surface area contributed by atoms with E-state index in [1.807, 2.05) is 11.8 Å². The van der Waals surface area contributed by atoms with Gasteiger partial charge in [-0.25, -0.2) is 0 Å². The van der Waals surface area contributed by atoms with Crippen LogP contribution in [-0.4, -0.2) is 40.6 Å². The SMILES string of the molecule is CC(C)N1CC(=O)NC12CCSC2. The second-order valence-corrected chi connectivity index (χ2v) is 5.21. The molecular weight excluding hydrogens is 184 g/mol. The van der Waals surface area contributed by atoms with Crippen LogP contribution in [0.4, 0.5) is 0 Å². The van der Waals surface area contributed by atoms with Crippen LogP contribution in [0.1, 0.15) is 20.3 Å². The van der Waals surface area contributed by atoms with E-state index in [1.54, 1.807) is 0 Å². The molecule has 2 rings (SSSR count). The summed E-state index contributed by atoms with van der Waals surface area (Å²) in [5.41, 5.74) is -0.00405. The molecule has 2 saturated heterocycles. The lowest BCUT2D eigenvalue weighted by atomic mass is 10.1. The fraction of sp³-hybridized carbons (Fsp3) is 0.889. The number of hydrogen-bond donors (Lipinski definition) is 1. The number of nitrogens with zero attached hydrogens (tertiary/aromatic N) is 1. The molecule has 1 spiro atoms. The van der Waals surface area contributed by atoms with Crippen molar-refractivity contribution in [3.63, 3.8) is 0 Å². The van der Waals surface area contributed by atoms with E-state index in [-0.39, 0.29) is 11.6 Å². The highest BCUT2D eigenvalue weighted by Gasteiger charge is 2.47. The Morgan fingerprint density at radius 3 is 2.92 bits per heavy atom. The molecule has 0 saturated carbocycles. The van der Waals surface area contributed by atoms with Crippen LogP contribution < -0.4 is 5.32 Å². The summed E-state index contributed by atoms with van der Waals surface area (Å²) in [6.07, 6.45) is 1.10. The molecule has 0 aromatic carbocycles. The molecule has 1 amide bonds. The van der Waals surface area contributed by atoms with E-state index in [0.29, 0.717) is 12.6 Å². The zero-order valence-electron chi connectivity index (χ0n) is 8.17. The number of thioether (sulfide) groups is 1. The van der Waals surface area contributed by atoms with Crippen molar-refractivity contribution in [2.75, 3.05) is 18.1 Å². The Labute approximate surface area is 83.2 Å². The molecule has 1 N–H and O–H groups in total. The maximum Gasteiger partial charge on any atom is 0.235 e. The van der Waals surface area contributed by atoms with Gasteiger partial charge in [-0.1, -0.05) is 0 Å². The average Bonchev–Trinajstić information content (AvgIpc) is 2.60. The smallest absolute Gasteiger partial charge is 0.235 e. The quantitative estimate of drug-likeness (QED) is 0.675. The van der Waals surface area contributed by atoms with E-state index < -0.39 is 0 Å². The Morgan fingerprint density at radius 2 is 2.38 bits per heavy atom. The standard InChI is InChI=1S/C9H16N2OS/c1-7(2)11-5-8(12)10-9(11)3-4-13-6-9/h7H,3-6H2,1-2H3,(H,10,12). The summed E-state index contributed by atoms with van der Waals surface area (Å²) < 4.78 is 0. The maximum atomic E-state index is 11.4. The highest BCUT2D eigenvalue weighted by molar-refractivity contribution is 7.99. The maximum absolute atomic E-state index is 11.4. The van der Waals surface area contributed by atoms with Crippen LogP contribution >= 0.6 is 11.8 Å². The predicted molar refractivity (Wildman–Crippen MR) is 54.7 cm³/mol. The molecule has 0 aliphatic carbocycles. The molecule has 13 heavy (non-hydrogen) atoms. The first kappa shape index (κ1) is 9.34. The van der Waals surface area contributed by atoms with E-state index in [9.17, 15) is 4.79 Å². The molecule has 2 aliphatic heterocycles. The molecule has 2 fully saturated rings. The van der Waals surface area contributed by atoms with Gasteiger partial charge in [-0.15, -0.1) is 0 Å². The Bertz CT molecular complexity index is 224. The van der Waals surface area contributed by atoms with Gasteiger partial charge in [0, 0.05) is 11.8 Å². The molecule has 0 aromatic rings. The molecule has 74 valence electrons. The summed E-state index contributed by atoms with van der Waals surface area (Å²) >= 11 is 1.94. The first-order chi connectivity index (χ1) is 6.14. The zero-order chi connectivity index (χ0) is 9.47. The van der Waals surface area contributed by atoms with Crippen molar-refractivity contribution in [2.24, 2.45) is 0 Å². The summed E-state index contributed by atoms with van der Waals surface area (Å²) in [4.78, 5) is 13.7. The van der Waals surface area contributed by atoms with Crippen LogP contribution in [0, 0.1) is 0 Å². The molecule has 1 atom stereocenters. The number of nitrogens with one attached hydrogen (secondary N) is 1. The van der Waals surface area contributed by atoms with Crippen molar-refractivity contribution in [3.8, 4) is 0 Å².